The third-order valence-corrected chi connectivity index (χ3v) is 7.09. The maximum Gasteiger partial charge on any atom is 0.266 e. The fourth-order valence-corrected chi connectivity index (χ4v) is 4.74. The molecule has 180 valence electrons. The first kappa shape index (κ1) is 23.4. The lowest BCUT2D eigenvalue weighted by molar-refractivity contribution is -0.135. The van der Waals surface area contributed by atoms with Gasteiger partial charge in [-0.3, -0.25) is 4.79 Å². The van der Waals surface area contributed by atoms with Crippen LogP contribution in [-0.2, 0) is 20.2 Å². The van der Waals surface area contributed by atoms with Crippen LogP contribution in [0.3, 0.4) is 0 Å². The normalized spacial score (nSPS) is 20.5. The molecule has 33 heavy (non-hydrogen) atoms. The van der Waals surface area contributed by atoms with E-state index >= 15 is 0 Å². The second-order valence-corrected chi connectivity index (χ2v) is 11.6. The molecule has 0 N–H and O–H groups in total. The first-order chi connectivity index (χ1) is 15.4. The SMILES string of the molecule is CC(C)(C)n1nnc(N2CCC(N3CCC(Oc4ccc(S(C)(=O)=O)cc4F)C3=O)CC2)n1. The third-order valence-electron chi connectivity index (χ3n) is 5.98. The first-order valence-electron chi connectivity index (χ1n) is 11.0. The van der Waals surface area contributed by atoms with Crippen molar-refractivity contribution in [3.8, 4) is 5.75 Å². The summed E-state index contributed by atoms with van der Waals surface area (Å²) in [5.74, 6) is -0.499. The van der Waals surface area contributed by atoms with Crippen LogP contribution in [0, 0.1) is 5.82 Å². The summed E-state index contributed by atoms with van der Waals surface area (Å²) in [7, 11) is -3.52. The smallest absolute Gasteiger partial charge is 0.266 e. The minimum atomic E-state index is -3.52. The number of tetrazole rings is 1. The summed E-state index contributed by atoms with van der Waals surface area (Å²) in [5, 5.41) is 12.8. The van der Waals surface area contributed by atoms with E-state index in [0.717, 1.165) is 25.2 Å². The van der Waals surface area contributed by atoms with E-state index in [9.17, 15) is 17.6 Å². The molecule has 2 saturated heterocycles. The number of hydrogen-bond donors (Lipinski definition) is 0. The zero-order valence-electron chi connectivity index (χ0n) is 19.2. The highest BCUT2D eigenvalue weighted by molar-refractivity contribution is 7.90. The number of carbonyl (C=O) groups excluding carboxylic acids is 1. The standard InChI is InChI=1S/C21H29FN6O4S/c1-21(2,3)28-24-20(23-25-28)26-10-7-14(8-11-26)27-12-9-18(19(27)29)32-17-6-5-15(13-16(17)22)33(4,30)31/h5-6,13-14,18H,7-12H2,1-4H3. The molecule has 1 amide bonds. The number of amides is 1. The van der Waals surface area contributed by atoms with Crippen molar-refractivity contribution in [3.63, 3.8) is 0 Å². The van der Waals surface area contributed by atoms with Gasteiger partial charge >= 0.3 is 0 Å². The van der Waals surface area contributed by atoms with Crippen molar-refractivity contribution in [2.75, 3.05) is 30.8 Å². The van der Waals surface area contributed by atoms with Crippen LogP contribution in [0.5, 0.6) is 5.75 Å². The Morgan fingerprint density at radius 2 is 1.82 bits per heavy atom. The van der Waals surface area contributed by atoms with Gasteiger partial charge in [0.25, 0.3) is 11.9 Å². The number of ether oxygens (including phenoxy) is 1. The Kier molecular flexibility index (Phi) is 6.06. The second-order valence-electron chi connectivity index (χ2n) is 9.56. The number of carbonyl (C=O) groups is 1. The highest BCUT2D eigenvalue weighted by Gasteiger charge is 2.39. The number of likely N-dealkylation sites (tertiary alicyclic amines) is 1. The lowest BCUT2D eigenvalue weighted by Gasteiger charge is -2.36. The van der Waals surface area contributed by atoms with E-state index in [4.69, 9.17) is 4.74 Å². The predicted octanol–water partition coefficient (Wildman–Crippen LogP) is 1.62. The van der Waals surface area contributed by atoms with Gasteiger partial charge in [0.1, 0.15) is 0 Å². The molecule has 3 heterocycles. The molecule has 0 spiro atoms. The Labute approximate surface area is 192 Å². The fraction of sp³-hybridized carbons (Fsp3) is 0.619. The lowest BCUT2D eigenvalue weighted by Crippen LogP contribution is -2.47. The largest absolute Gasteiger partial charge is 0.477 e. The Morgan fingerprint density at radius 1 is 1.12 bits per heavy atom. The van der Waals surface area contributed by atoms with Crippen LogP contribution in [0.4, 0.5) is 10.3 Å². The molecule has 12 heteroatoms. The van der Waals surface area contributed by atoms with E-state index in [1.165, 1.54) is 12.1 Å². The minimum absolute atomic E-state index is 0.0671. The summed E-state index contributed by atoms with van der Waals surface area (Å²) in [4.78, 5) is 18.3. The topological polar surface area (TPSA) is 111 Å². The molecule has 0 radical (unpaired) electrons. The summed E-state index contributed by atoms with van der Waals surface area (Å²) in [6.07, 6.45) is 2.21. The molecule has 1 aromatic heterocycles. The molecule has 2 aliphatic rings. The highest BCUT2D eigenvalue weighted by atomic mass is 32.2. The molecule has 4 rings (SSSR count). The molecule has 0 aliphatic carbocycles. The molecule has 1 aromatic carbocycles. The molecular weight excluding hydrogens is 451 g/mol. The number of rotatable bonds is 5. The molecule has 10 nitrogen and oxygen atoms in total. The Bertz CT molecular complexity index is 1140. The summed E-state index contributed by atoms with van der Waals surface area (Å²) in [6.45, 7) is 7.97. The number of nitrogens with zero attached hydrogens (tertiary/aromatic N) is 6. The molecular formula is C21H29FN6O4S. The van der Waals surface area contributed by atoms with Crippen LogP contribution in [0.1, 0.15) is 40.0 Å². The third kappa shape index (κ3) is 4.94. The monoisotopic (exact) mass is 480 g/mol. The highest BCUT2D eigenvalue weighted by Crippen LogP contribution is 2.28. The van der Waals surface area contributed by atoms with E-state index < -0.39 is 21.8 Å². The van der Waals surface area contributed by atoms with Gasteiger partial charge < -0.3 is 14.5 Å². The number of piperidine rings is 1. The van der Waals surface area contributed by atoms with Crippen molar-refractivity contribution >= 4 is 21.7 Å². The summed E-state index contributed by atoms with van der Waals surface area (Å²) in [5.41, 5.74) is -0.245. The van der Waals surface area contributed by atoms with Gasteiger partial charge in [0.15, 0.2) is 27.5 Å². The van der Waals surface area contributed by atoms with E-state index in [0.29, 0.717) is 32.0 Å². The molecule has 1 atom stereocenters. The van der Waals surface area contributed by atoms with E-state index in [1.54, 1.807) is 4.80 Å². The van der Waals surface area contributed by atoms with Crippen LogP contribution >= 0.6 is 0 Å². The van der Waals surface area contributed by atoms with Crippen LogP contribution < -0.4 is 9.64 Å². The zero-order valence-corrected chi connectivity index (χ0v) is 20.0. The summed E-state index contributed by atoms with van der Waals surface area (Å²) < 4.78 is 43.2. The minimum Gasteiger partial charge on any atom is -0.477 e. The fourth-order valence-electron chi connectivity index (χ4n) is 4.10. The molecule has 0 bridgehead atoms. The summed E-state index contributed by atoms with van der Waals surface area (Å²) in [6, 6.07) is 3.53. The number of benzene rings is 1. The van der Waals surface area contributed by atoms with E-state index in [2.05, 4.69) is 20.3 Å². The van der Waals surface area contributed by atoms with Crippen molar-refractivity contribution in [1.82, 2.24) is 25.1 Å². The quantitative estimate of drug-likeness (QED) is 0.635. The Hall–Kier alpha value is -2.76. The average molecular weight is 481 g/mol. The van der Waals surface area contributed by atoms with Crippen LogP contribution in [0.15, 0.2) is 23.1 Å². The maximum absolute atomic E-state index is 14.4. The van der Waals surface area contributed by atoms with Crippen molar-refractivity contribution < 1.29 is 22.3 Å². The molecule has 2 aromatic rings. The number of sulfone groups is 1. The van der Waals surface area contributed by atoms with Crippen molar-refractivity contribution in [1.29, 1.82) is 0 Å². The zero-order chi connectivity index (χ0) is 24.0. The van der Waals surface area contributed by atoms with Gasteiger partial charge in [-0.15, -0.1) is 5.10 Å². The van der Waals surface area contributed by atoms with Gasteiger partial charge in [0.05, 0.1) is 10.4 Å². The van der Waals surface area contributed by atoms with Crippen molar-refractivity contribution in [2.45, 2.75) is 62.6 Å². The number of anilines is 1. The number of aromatic nitrogens is 4. The molecule has 0 saturated carbocycles. The maximum atomic E-state index is 14.4. The van der Waals surface area contributed by atoms with Crippen molar-refractivity contribution in [2.24, 2.45) is 0 Å². The van der Waals surface area contributed by atoms with E-state index in [1.807, 2.05) is 25.7 Å². The molecule has 1 unspecified atom stereocenters. The average Bonchev–Trinajstić information content (AvgIpc) is 3.37. The summed E-state index contributed by atoms with van der Waals surface area (Å²) >= 11 is 0. The Balaban J connectivity index is 1.35. The first-order valence-corrected chi connectivity index (χ1v) is 12.8. The van der Waals surface area contributed by atoms with Crippen molar-refractivity contribution in [3.05, 3.63) is 24.0 Å². The molecule has 2 aliphatic heterocycles. The number of hydrogen-bond acceptors (Lipinski definition) is 8. The van der Waals surface area contributed by atoms with Gasteiger partial charge in [-0.25, -0.2) is 12.8 Å². The predicted molar refractivity (Wildman–Crippen MR) is 118 cm³/mol. The van der Waals surface area contributed by atoms with E-state index in [-0.39, 0.29) is 28.1 Å². The van der Waals surface area contributed by atoms with Crippen LogP contribution in [-0.4, -0.2) is 77.5 Å². The van der Waals surface area contributed by atoms with Gasteiger partial charge in [0, 0.05) is 38.4 Å². The lowest BCUT2D eigenvalue weighted by atomic mass is 10.0. The van der Waals surface area contributed by atoms with Gasteiger partial charge in [0.2, 0.25) is 0 Å². The second kappa shape index (κ2) is 8.54. The number of halogens is 1. The van der Waals surface area contributed by atoms with Gasteiger partial charge in [-0.05, 0) is 57.0 Å². The Morgan fingerprint density at radius 3 is 2.39 bits per heavy atom. The molecule has 2 fully saturated rings. The van der Waals surface area contributed by atoms with Crippen LogP contribution in [0.2, 0.25) is 0 Å². The van der Waals surface area contributed by atoms with Crippen LogP contribution in [0.25, 0.3) is 0 Å². The van der Waals surface area contributed by atoms with Gasteiger partial charge in [-0.1, -0.05) is 5.10 Å². The van der Waals surface area contributed by atoms with Gasteiger partial charge in [-0.2, -0.15) is 4.80 Å².